The molecule has 0 aliphatic carbocycles. The molecule has 0 unspecified atom stereocenters. The Morgan fingerprint density at radius 1 is 1.32 bits per heavy atom. The molecule has 2 aromatic rings. The van der Waals surface area contributed by atoms with Crippen molar-refractivity contribution in [1.29, 1.82) is 0 Å². The fourth-order valence-electron chi connectivity index (χ4n) is 1.57. The van der Waals surface area contributed by atoms with Crippen molar-refractivity contribution in [2.45, 2.75) is 20.3 Å². The van der Waals surface area contributed by atoms with E-state index in [1.165, 1.54) is 0 Å². The van der Waals surface area contributed by atoms with Gasteiger partial charge in [0.1, 0.15) is 17.1 Å². The van der Waals surface area contributed by atoms with Crippen LogP contribution in [-0.4, -0.2) is 22.8 Å². The molecule has 19 heavy (non-hydrogen) atoms. The van der Waals surface area contributed by atoms with Crippen LogP contribution in [0.1, 0.15) is 18.3 Å². The number of ether oxygens (including phenoxy) is 1. The molecule has 1 aromatic carbocycles. The van der Waals surface area contributed by atoms with Gasteiger partial charge < -0.3 is 10.1 Å². The van der Waals surface area contributed by atoms with Gasteiger partial charge in [0.25, 0.3) is 0 Å². The Hall–Kier alpha value is -2.37. The van der Waals surface area contributed by atoms with Gasteiger partial charge in [0.05, 0.1) is 13.0 Å². The number of benzene rings is 1. The number of carbonyl (C=O) groups excluding carboxylic acids is 1. The molecule has 0 aliphatic rings. The molecule has 1 N–H and O–H groups in total. The number of aryl methyl sites for hydroxylation is 1. The normalized spacial score (nSPS) is 10.2. The van der Waals surface area contributed by atoms with Gasteiger partial charge in [-0.2, -0.15) is 0 Å². The van der Waals surface area contributed by atoms with Gasteiger partial charge in [0.2, 0.25) is 5.91 Å². The molecule has 0 saturated carbocycles. The molecule has 100 valence electrons. The van der Waals surface area contributed by atoms with Crippen LogP contribution in [0.2, 0.25) is 0 Å². The molecule has 0 aliphatic heterocycles. The van der Waals surface area contributed by atoms with Gasteiger partial charge in [-0.3, -0.25) is 4.79 Å². The summed E-state index contributed by atoms with van der Waals surface area (Å²) in [5, 5.41) is 10.1. The largest absolute Gasteiger partial charge is 0.494 e. The second-order valence-electron chi connectivity index (χ2n) is 3.98. The highest BCUT2D eigenvalue weighted by molar-refractivity contribution is 5.92. The molecule has 0 bridgehead atoms. The molecule has 2 rings (SSSR count). The second kappa shape index (κ2) is 5.99. The number of hydrogen-bond donors (Lipinski definition) is 1. The highest BCUT2D eigenvalue weighted by Crippen LogP contribution is 2.15. The first-order valence-electron chi connectivity index (χ1n) is 5.99. The van der Waals surface area contributed by atoms with E-state index in [1.54, 1.807) is 19.1 Å². The number of nitrogens with zero attached hydrogens (tertiary/aromatic N) is 2. The van der Waals surface area contributed by atoms with Crippen LogP contribution in [0.25, 0.3) is 0 Å². The molecule has 0 atom stereocenters. The highest BCUT2D eigenvalue weighted by Gasteiger charge is 2.11. The zero-order valence-corrected chi connectivity index (χ0v) is 10.8. The summed E-state index contributed by atoms with van der Waals surface area (Å²) in [7, 11) is 0. The Morgan fingerprint density at radius 2 is 2.05 bits per heavy atom. The molecule has 0 fully saturated rings. The average molecular weight is 261 g/mol. The number of anilines is 1. The summed E-state index contributed by atoms with van der Waals surface area (Å²) in [5.74, 6) is 0.611. The number of nitrogens with one attached hydrogen (secondary N) is 1. The summed E-state index contributed by atoms with van der Waals surface area (Å²) in [6.07, 6.45) is 0.141. The Balaban J connectivity index is 1.93. The molecule has 1 amide bonds. The molecule has 1 aromatic heterocycles. The minimum Gasteiger partial charge on any atom is -0.494 e. The lowest BCUT2D eigenvalue weighted by atomic mass is 10.2. The van der Waals surface area contributed by atoms with Crippen molar-refractivity contribution < 1.29 is 14.2 Å². The number of aromatic nitrogens is 2. The summed E-state index contributed by atoms with van der Waals surface area (Å²) >= 11 is 0. The zero-order chi connectivity index (χ0) is 13.7. The first kappa shape index (κ1) is 13.1. The molecule has 0 radical (unpaired) electrons. The van der Waals surface area contributed by atoms with E-state index < -0.39 is 0 Å². The van der Waals surface area contributed by atoms with Crippen molar-refractivity contribution in [2.75, 3.05) is 11.9 Å². The van der Waals surface area contributed by atoms with E-state index in [0.717, 1.165) is 5.75 Å². The summed E-state index contributed by atoms with van der Waals surface area (Å²) < 4.78 is 9.87. The molecule has 0 saturated heterocycles. The van der Waals surface area contributed by atoms with Gasteiger partial charge in [-0.15, -0.1) is 0 Å². The standard InChI is InChI=1S/C13H15N3O3/c1-3-18-11-6-4-10(5-7-11)14-13(17)8-12-9(2)15-19-16-12/h4-7H,3,8H2,1-2H3,(H,14,17). The summed E-state index contributed by atoms with van der Waals surface area (Å²) in [4.78, 5) is 11.8. The monoisotopic (exact) mass is 261 g/mol. The third kappa shape index (κ3) is 3.54. The van der Waals surface area contributed by atoms with Crippen molar-refractivity contribution in [3.8, 4) is 5.75 Å². The van der Waals surface area contributed by atoms with Gasteiger partial charge in [0, 0.05) is 5.69 Å². The smallest absolute Gasteiger partial charge is 0.230 e. The zero-order valence-electron chi connectivity index (χ0n) is 10.8. The second-order valence-corrected chi connectivity index (χ2v) is 3.98. The fourth-order valence-corrected chi connectivity index (χ4v) is 1.57. The lowest BCUT2D eigenvalue weighted by molar-refractivity contribution is -0.115. The first-order valence-corrected chi connectivity index (χ1v) is 5.99. The fraction of sp³-hybridized carbons (Fsp3) is 0.308. The van der Waals surface area contributed by atoms with Crippen LogP contribution in [-0.2, 0) is 11.2 Å². The molecule has 6 heteroatoms. The number of hydrogen-bond acceptors (Lipinski definition) is 5. The Morgan fingerprint density at radius 3 is 2.63 bits per heavy atom. The van der Waals surface area contributed by atoms with Crippen LogP contribution < -0.4 is 10.1 Å². The molecule has 1 heterocycles. The van der Waals surface area contributed by atoms with E-state index in [2.05, 4.69) is 20.3 Å². The predicted molar refractivity (Wildman–Crippen MR) is 69.0 cm³/mol. The Kier molecular flexibility index (Phi) is 4.12. The van der Waals surface area contributed by atoms with Crippen LogP contribution in [0, 0.1) is 6.92 Å². The third-order valence-electron chi connectivity index (χ3n) is 2.52. The topological polar surface area (TPSA) is 77.2 Å². The van der Waals surface area contributed by atoms with Crippen molar-refractivity contribution in [1.82, 2.24) is 10.3 Å². The van der Waals surface area contributed by atoms with Gasteiger partial charge in [-0.1, -0.05) is 10.3 Å². The highest BCUT2D eigenvalue weighted by atomic mass is 16.6. The van der Waals surface area contributed by atoms with E-state index in [9.17, 15) is 4.79 Å². The van der Waals surface area contributed by atoms with E-state index in [-0.39, 0.29) is 12.3 Å². The van der Waals surface area contributed by atoms with Crippen LogP contribution in [0.3, 0.4) is 0 Å². The summed E-state index contributed by atoms with van der Waals surface area (Å²) in [6.45, 7) is 4.28. The average Bonchev–Trinajstić information content (AvgIpc) is 2.78. The molecule has 0 spiro atoms. The summed E-state index contributed by atoms with van der Waals surface area (Å²) in [6, 6.07) is 7.19. The van der Waals surface area contributed by atoms with Gasteiger partial charge >= 0.3 is 0 Å². The number of rotatable bonds is 5. The van der Waals surface area contributed by atoms with Crippen molar-refractivity contribution >= 4 is 11.6 Å². The van der Waals surface area contributed by atoms with Crippen LogP contribution >= 0.6 is 0 Å². The van der Waals surface area contributed by atoms with E-state index in [1.807, 2.05) is 19.1 Å². The van der Waals surface area contributed by atoms with Crippen LogP contribution in [0.4, 0.5) is 5.69 Å². The van der Waals surface area contributed by atoms with Gasteiger partial charge in [0.15, 0.2) is 0 Å². The van der Waals surface area contributed by atoms with E-state index >= 15 is 0 Å². The molecular formula is C13H15N3O3. The Labute approximate surface area is 110 Å². The minimum absolute atomic E-state index is 0.141. The summed E-state index contributed by atoms with van der Waals surface area (Å²) in [5.41, 5.74) is 1.88. The number of amides is 1. The molecular weight excluding hydrogens is 246 g/mol. The number of carbonyl (C=O) groups is 1. The quantitative estimate of drug-likeness (QED) is 0.890. The lowest BCUT2D eigenvalue weighted by Crippen LogP contribution is -2.15. The maximum absolute atomic E-state index is 11.8. The van der Waals surface area contributed by atoms with Gasteiger partial charge in [-0.05, 0) is 38.1 Å². The van der Waals surface area contributed by atoms with E-state index in [4.69, 9.17) is 4.74 Å². The Bertz CT molecular complexity index is 549. The van der Waals surface area contributed by atoms with Crippen molar-refractivity contribution in [3.63, 3.8) is 0 Å². The SMILES string of the molecule is CCOc1ccc(NC(=O)Cc2nonc2C)cc1. The van der Waals surface area contributed by atoms with Crippen molar-refractivity contribution in [2.24, 2.45) is 0 Å². The third-order valence-corrected chi connectivity index (χ3v) is 2.52. The van der Waals surface area contributed by atoms with Crippen LogP contribution in [0.5, 0.6) is 5.75 Å². The maximum Gasteiger partial charge on any atom is 0.230 e. The van der Waals surface area contributed by atoms with Gasteiger partial charge in [-0.25, -0.2) is 4.63 Å². The van der Waals surface area contributed by atoms with Crippen LogP contribution in [0.15, 0.2) is 28.9 Å². The first-order chi connectivity index (χ1) is 9.19. The maximum atomic E-state index is 11.8. The lowest BCUT2D eigenvalue weighted by Gasteiger charge is -2.06. The minimum atomic E-state index is -0.164. The predicted octanol–water partition coefficient (Wildman–Crippen LogP) is 1.96. The van der Waals surface area contributed by atoms with E-state index in [0.29, 0.717) is 23.7 Å². The van der Waals surface area contributed by atoms with Crippen molar-refractivity contribution in [3.05, 3.63) is 35.7 Å². The molecule has 6 nitrogen and oxygen atoms in total.